The summed E-state index contributed by atoms with van der Waals surface area (Å²) in [5.41, 5.74) is 1.90. The smallest absolute Gasteiger partial charge is 0.129 e. The van der Waals surface area contributed by atoms with Crippen LogP contribution in [0.1, 0.15) is 44.4 Å². The van der Waals surface area contributed by atoms with Crippen LogP contribution in [0, 0.1) is 0 Å². The average Bonchev–Trinajstić information content (AvgIpc) is 2.27. The molecule has 3 nitrogen and oxygen atoms in total. The average molecular weight is 236 g/mol. The molecule has 0 saturated heterocycles. The summed E-state index contributed by atoms with van der Waals surface area (Å²) in [4.78, 5) is 0. The second kappa shape index (κ2) is 4.22. The lowest BCUT2D eigenvalue weighted by atomic mass is 9.83. The quantitative estimate of drug-likeness (QED) is 0.815. The Morgan fingerprint density at radius 2 is 2.06 bits per heavy atom. The zero-order valence-electron chi connectivity index (χ0n) is 10.9. The van der Waals surface area contributed by atoms with E-state index in [1.165, 1.54) is 0 Å². The van der Waals surface area contributed by atoms with Crippen molar-refractivity contribution in [1.82, 2.24) is 0 Å². The second-order valence-corrected chi connectivity index (χ2v) is 5.50. The Morgan fingerprint density at radius 3 is 2.65 bits per heavy atom. The van der Waals surface area contributed by atoms with Crippen LogP contribution in [0.4, 0.5) is 0 Å². The highest BCUT2D eigenvalue weighted by atomic mass is 16.5. The Kier molecular flexibility index (Phi) is 3.04. The van der Waals surface area contributed by atoms with Gasteiger partial charge in [0.05, 0.1) is 19.8 Å². The van der Waals surface area contributed by atoms with Crippen molar-refractivity contribution in [3.05, 3.63) is 23.3 Å². The molecular formula is C14H20O3. The van der Waals surface area contributed by atoms with Crippen LogP contribution in [0.2, 0.25) is 0 Å². The van der Waals surface area contributed by atoms with Gasteiger partial charge >= 0.3 is 0 Å². The first kappa shape index (κ1) is 12.2. The zero-order valence-corrected chi connectivity index (χ0v) is 10.9. The van der Waals surface area contributed by atoms with E-state index in [2.05, 4.69) is 20.8 Å². The van der Waals surface area contributed by atoms with Crippen molar-refractivity contribution in [2.75, 3.05) is 13.7 Å². The molecule has 1 aliphatic heterocycles. The fraction of sp³-hybridized carbons (Fsp3) is 0.571. The topological polar surface area (TPSA) is 38.7 Å². The molecule has 1 aromatic rings. The van der Waals surface area contributed by atoms with Crippen LogP contribution in [-0.4, -0.2) is 18.8 Å². The highest BCUT2D eigenvalue weighted by molar-refractivity contribution is 5.51. The van der Waals surface area contributed by atoms with E-state index >= 15 is 0 Å². The number of ether oxygens (including phenoxy) is 2. The number of methoxy groups -OCH3 is 1. The van der Waals surface area contributed by atoms with Crippen molar-refractivity contribution in [3.63, 3.8) is 0 Å². The first-order chi connectivity index (χ1) is 7.93. The van der Waals surface area contributed by atoms with Crippen LogP contribution in [0.3, 0.4) is 0 Å². The molecule has 1 aromatic carbocycles. The zero-order chi connectivity index (χ0) is 12.6. The lowest BCUT2D eigenvalue weighted by Gasteiger charge is -2.30. The molecule has 1 atom stereocenters. The minimum atomic E-state index is -0.449. The van der Waals surface area contributed by atoms with Crippen LogP contribution in [0.5, 0.6) is 11.5 Å². The van der Waals surface area contributed by atoms with E-state index < -0.39 is 6.10 Å². The van der Waals surface area contributed by atoms with Crippen molar-refractivity contribution < 1.29 is 14.6 Å². The van der Waals surface area contributed by atoms with E-state index in [4.69, 9.17) is 9.47 Å². The summed E-state index contributed by atoms with van der Waals surface area (Å²) >= 11 is 0. The molecule has 0 bridgehead atoms. The SMILES string of the molecule is COc1cc2c(c(C(C)(C)C)c1)OCCC2O. The lowest BCUT2D eigenvalue weighted by Crippen LogP contribution is -2.20. The van der Waals surface area contributed by atoms with Gasteiger partial charge in [0.2, 0.25) is 0 Å². The largest absolute Gasteiger partial charge is 0.497 e. The van der Waals surface area contributed by atoms with Crippen molar-refractivity contribution in [2.24, 2.45) is 0 Å². The maximum absolute atomic E-state index is 10.0. The molecule has 1 N–H and O–H groups in total. The minimum Gasteiger partial charge on any atom is -0.497 e. The second-order valence-electron chi connectivity index (χ2n) is 5.50. The van der Waals surface area contributed by atoms with Gasteiger partial charge in [-0.15, -0.1) is 0 Å². The summed E-state index contributed by atoms with van der Waals surface area (Å²) in [5, 5.41) is 10.0. The van der Waals surface area contributed by atoms with Crippen LogP contribution in [0.15, 0.2) is 12.1 Å². The van der Waals surface area contributed by atoms with E-state index in [-0.39, 0.29) is 5.41 Å². The van der Waals surface area contributed by atoms with Crippen LogP contribution < -0.4 is 9.47 Å². The number of rotatable bonds is 1. The third-order valence-electron chi connectivity index (χ3n) is 3.13. The molecule has 0 saturated carbocycles. The maximum atomic E-state index is 10.0. The molecule has 1 unspecified atom stereocenters. The Labute approximate surface area is 102 Å². The minimum absolute atomic E-state index is 0.0321. The molecule has 0 fully saturated rings. The van der Waals surface area contributed by atoms with Crippen LogP contribution in [0.25, 0.3) is 0 Å². The van der Waals surface area contributed by atoms with Gasteiger partial charge in [0, 0.05) is 17.5 Å². The third kappa shape index (κ3) is 2.25. The number of aliphatic hydroxyl groups excluding tert-OH is 1. The molecule has 0 aliphatic carbocycles. The maximum Gasteiger partial charge on any atom is 0.129 e. The van der Waals surface area contributed by atoms with E-state index in [0.29, 0.717) is 13.0 Å². The Hall–Kier alpha value is -1.22. The lowest BCUT2D eigenvalue weighted by molar-refractivity contribution is 0.113. The summed E-state index contributed by atoms with van der Waals surface area (Å²) < 4.78 is 11.0. The van der Waals surface area contributed by atoms with Gasteiger partial charge in [-0.05, 0) is 17.5 Å². The fourth-order valence-electron chi connectivity index (χ4n) is 2.14. The number of aliphatic hydroxyl groups is 1. The van der Waals surface area contributed by atoms with E-state index in [1.54, 1.807) is 7.11 Å². The van der Waals surface area contributed by atoms with Crippen molar-refractivity contribution >= 4 is 0 Å². The highest BCUT2D eigenvalue weighted by Crippen LogP contribution is 2.42. The molecule has 0 radical (unpaired) electrons. The normalized spacial score (nSPS) is 19.5. The summed E-state index contributed by atoms with van der Waals surface area (Å²) in [6.45, 7) is 6.97. The van der Waals surface area contributed by atoms with Gasteiger partial charge in [-0.2, -0.15) is 0 Å². The Morgan fingerprint density at radius 1 is 1.35 bits per heavy atom. The van der Waals surface area contributed by atoms with Crippen molar-refractivity contribution in [2.45, 2.75) is 38.7 Å². The van der Waals surface area contributed by atoms with E-state index in [1.807, 2.05) is 12.1 Å². The number of hydrogen-bond donors (Lipinski definition) is 1. The van der Waals surface area contributed by atoms with Gasteiger partial charge in [0.15, 0.2) is 0 Å². The first-order valence-electron chi connectivity index (χ1n) is 5.96. The highest BCUT2D eigenvalue weighted by Gasteiger charge is 2.28. The molecule has 2 rings (SSSR count). The molecule has 17 heavy (non-hydrogen) atoms. The predicted octanol–water partition coefficient (Wildman–Crippen LogP) is 2.81. The third-order valence-corrected chi connectivity index (χ3v) is 3.13. The molecule has 0 amide bonds. The van der Waals surface area contributed by atoms with Crippen LogP contribution in [-0.2, 0) is 5.41 Å². The summed E-state index contributed by atoms with van der Waals surface area (Å²) in [6, 6.07) is 3.87. The van der Waals surface area contributed by atoms with Gasteiger partial charge < -0.3 is 14.6 Å². The van der Waals surface area contributed by atoms with Crippen molar-refractivity contribution in [3.8, 4) is 11.5 Å². The van der Waals surface area contributed by atoms with Gasteiger partial charge in [-0.1, -0.05) is 20.8 Å². The number of benzene rings is 1. The van der Waals surface area contributed by atoms with Gasteiger partial charge in [0.25, 0.3) is 0 Å². The van der Waals surface area contributed by atoms with Gasteiger partial charge in [-0.3, -0.25) is 0 Å². The fourth-order valence-corrected chi connectivity index (χ4v) is 2.14. The predicted molar refractivity (Wildman–Crippen MR) is 66.8 cm³/mol. The molecule has 1 aliphatic rings. The Balaban J connectivity index is 2.62. The molecule has 1 heterocycles. The summed E-state index contributed by atoms with van der Waals surface area (Å²) in [5.74, 6) is 1.61. The number of fused-ring (bicyclic) bond motifs is 1. The molecule has 0 spiro atoms. The van der Waals surface area contributed by atoms with Crippen molar-refractivity contribution in [1.29, 1.82) is 0 Å². The first-order valence-corrected chi connectivity index (χ1v) is 5.96. The van der Waals surface area contributed by atoms with E-state index in [9.17, 15) is 5.11 Å². The standard InChI is InChI=1S/C14H20O3/c1-14(2,3)11-8-9(16-4)7-10-12(15)5-6-17-13(10)11/h7-8,12,15H,5-6H2,1-4H3. The number of hydrogen-bond acceptors (Lipinski definition) is 3. The molecular weight excluding hydrogens is 216 g/mol. The van der Waals surface area contributed by atoms with Crippen LogP contribution >= 0.6 is 0 Å². The molecule has 3 heteroatoms. The van der Waals surface area contributed by atoms with Gasteiger partial charge in [0.1, 0.15) is 11.5 Å². The molecule has 0 aromatic heterocycles. The van der Waals surface area contributed by atoms with E-state index in [0.717, 1.165) is 22.6 Å². The Bertz CT molecular complexity index is 418. The monoisotopic (exact) mass is 236 g/mol. The summed E-state index contributed by atoms with van der Waals surface area (Å²) in [6.07, 6.45) is 0.193. The molecule has 94 valence electrons. The summed E-state index contributed by atoms with van der Waals surface area (Å²) in [7, 11) is 1.64. The van der Waals surface area contributed by atoms with Gasteiger partial charge in [-0.25, -0.2) is 0 Å².